The van der Waals surface area contributed by atoms with Crippen molar-refractivity contribution in [1.82, 2.24) is 10.2 Å². The summed E-state index contributed by atoms with van der Waals surface area (Å²) < 4.78 is 41.1. The molecule has 0 aromatic heterocycles. The molecule has 5 aliphatic rings. The number of ether oxygens (including phenoxy) is 7. The number of aliphatic hydroxyl groups excluding tert-OH is 2. The third-order valence-corrected chi connectivity index (χ3v) is 10.8. The molecular weight excluding hydrogens is 814 g/mol. The van der Waals surface area contributed by atoms with Gasteiger partial charge in [-0.15, -0.1) is 0 Å². The van der Waals surface area contributed by atoms with Gasteiger partial charge in [-0.2, -0.15) is 0 Å². The molecule has 0 saturated carbocycles. The van der Waals surface area contributed by atoms with E-state index in [1.807, 2.05) is 0 Å². The van der Waals surface area contributed by atoms with E-state index in [2.05, 4.69) is 35.6 Å². The van der Waals surface area contributed by atoms with Crippen molar-refractivity contribution >= 4 is 29.4 Å². The summed E-state index contributed by atoms with van der Waals surface area (Å²) in [6.07, 6.45) is 2.60. The number of hydrogen-bond acceptors (Lipinski definition) is 15. The van der Waals surface area contributed by atoms with Gasteiger partial charge in [0.05, 0.1) is 42.4 Å². The van der Waals surface area contributed by atoms with E-state index < -0.39 is 83.6 Å². The number of allylic oxidation sites excluding steroid dienone is 4. The number of aliphatic hydroxyl groups is 2. The summed E-state index contributed by atoms with van der Waals surface area (Å²) in [6, 6.07) is 0.364. The van der Waals surface area contributed by atoms with Crippen LogP contribution in [-0.4, -0.2) is 126 Å². The number of phenolic OH excluding ortho intramolecular Hbond substituents is 1. The summed E-state index contributed by atoms with van der Waals surface area (Å²) in [4.78, 5) is 39.8. The number of rotatable bonds is 13. The number of carbonyl (C=O) groups is 3. The lowest BCUT2D eigenvalue weighted by atomic mass is 9.85. The van der Waals surface area contributed by atoms with E-state index in [0.29, 0.717) is 11.3 Å². The Morgan fingerprint density at radius 2 is 1.92 bits per heavy atom. The minimum absolute atomic E-state index is 0.0636. The number of fused-ring (bicyclic) bond motifs is 2. The predicted molar refractivity (Wildman–Crippen MR) is 219 cm³/mol. The fraction of sp³-hybridized carbons (Fsp3) is 0.432. The third-order valence-electron chi connectivity index (χ3n) is 10.5. The van der Waals surface area contributed by atoms with E-state index in [1.54, 1.807) is 64.1 Å². The standard InChI is InChI=1S/C44H48ClN3O13/c1-8-56-34(50)21-30(46)25-17-29(45)38(31(49)18-25)59-33-13-9-11-24(22-57-41(54)28-19-27(55-7)20-32-35(28)47-40(53)23(2)58-32)14-15-26-12-10-16-44(26,33)61-42-37(52)36(51)39(48(5)6)43(3,4)60-42/h10-12,16-20,30,32-33,35-37,39,42,49,51-52H,2,8,21-22,46H2,1,3-7H3,(H,47,53)/t30-,32?,33-,35?,36?,37?,39?,42?,44-/m1/s1. The smallest absolute Gasteiger partial charge is 0.336 e. The molecule has 2 aliphatic heterocycles. The Labute approximate surface area is 358 Å². The van der Waals surface area contributed by atoms with Crippen molar-refractivity contribution in [2.45, 2.75) is 87.2 Å². The molecule has 0 bridgehead atoms. The van der Waals surface area contributed by atoms with Crippen molar-refractivity contribution in [3.8, 4) is 35.2 Å². The molecule has 61 heavy (non-hydrogen) atoms. The monoisotopic (exact) mass is 861 g/mol. The molecule has 2 heterocycles. The Hall–Kier alpha value is -5.56. The number of nitrogens with zero attached hydrogens (tertiary/aromatic N) is 1. The quantitative estimate of drug-likeness (QED) is 0.109. The molecule has 2 saturated heterocycles. The number of phenols is 1. The molecule has 3 aliphatic carbocycles. The molecular formula is C44H48ClN3O13. The Morgan fingerprint density at radius 1 is 1.16 bits per heavy atom. The third kappa shape index (κ3) is 9.36. The average molecular weight is 862 g/mol. The van der Waals surface area contributed by atoms with Gasteiger partial charge in [-0.1, -0.05) is 42.0 Å². The Balaban J connectivity index is 1.34. The zero-order valence-corrected chi connectivity index (χ0v) is 35.1. The van der Waals surface area contributed by atoms with E-state index in [0.717, 1.165) is 0 Å². The number of amides is 1. The van der Waals surface area contributed by atoms with Crippen molar-refractivity contribution in [1.29, 1.82) is 0 Å². The first-order valence-electron chi connectivity index (χ1n) is 19.3. The molecule has 0 radical (unpaired) electrons. The maximum atomic E-state index is 13.6. The van der Waals surface area contributed by atoms with Gasteiger partial charge in [0.15, 0.2) is 35.3 Å². The lowest BCUT2D eigenvalue weighted by Gasteiger charge is -2.51. The van der Waals surface area contributed by atoms with Crippen LogP contribution < -0.4 is 15.8 Å². The van der Waals surface area contributed by atoms with Gasteiger partial charge in [0.2, 0.25) is 0 Å². The van der Waals surface area contributed by atoms with Gasteiger partial charge in [-0.25, -0.2) is 4.79 Å². The molecule has 1 aromatic rings. The highest BCUT2D eigenvalue weighted by Crippen LogP contribution is 2.44. The van der Waals surface area contributed by atoms with Crippen molar-refractivity contribution < 1.29 is 62.9 Å². The fourth-order valence-electron chi connectivity index (χ4n) is 7.67. The van der Waals surface area contributed by atoms with Crippen LogP contribution in [0.1, 0.15) is 38.8 Å². The van der Waals surface area contributed by atoms with Crippen molar-refractivity contribution in [2.24, 2.45) is 5.73 Å². The maximum Gasteiger partial charge on any atom is 0.336 e. The number of halogens is 1. The first kappa shape index (κ1) is 45.0. The fourth-order valence-corrected chi connectivity index (χ4v) is 7.94. The van der Waals surface area contributed by atoms with Gasteiger partial charge in [0.1, 0.15) is 36.7 Å². The van der Waals surface area contributed by atoms with Gasteiger partial charge in [0.25, 0.3) is 5.91 Å². The number of likely N-dealkylation sites (N-methyl/N-ethyl adjacent to an activating group) is 1. The summed E-state index contributed by atoms with van der Waals surface area (Å²) in [5.41, 5.74) is 4.33. The average Bonchev–Trinajstić information content (AvgIpc) is 3.62. The lowest BCUT2D eigenvalue weighted by molar-refractivity contribution is -0.329. The molecule has 6 N–H and O–H groups in total. The number of morpholine rings is 1. The Kier molecular flexibility index (Phi) is 13.4. The van der Waals surface area contributed by atoms with Crippen LogP contribution in [0.15, 0.2) is 83.4 Å². The highest BCUT2D eigenvalue weighted by molar-refractivity contribution is 6.32. The molecule has 16 nitrogen and oxygen atoms in total. The van der Waals surface area contributed by atoms with Crippen LogP contribution in [0.4, 0.5) is 0 Å². The summed E-state index contributed by atoms with van der Waals surface area (Å²) >= 11 is 6.72. The summed E-state index contributed by atoms with van der Waals surface area (Å²) in [6.45, 7) is 8.59. The van der Waals surface area contributed by atoms with Crippen LogP contribution in [-0.2, 0) is 42.8 Å². The van der Waals surface area contributed by atoms with Crippen LogP contribution in [0, 0.1) is 23.7 Å². The Morgan fingerprint density at radius 3 is 2.61 bits per heavy atom. The van der Waals surface area contributed by atoms with Gasteiger partial charge in [-0.3, -0.25) is 9.59 Å². The highest BCUT2D eigenvalue weighted by Gasteiger charge is 2.55. The van der Waals surface area contributed by atoms with E-state index in [9.17, 15) is 29.7 Å². The Bertz CT molecular complexity index is 2230. The van der Waals surface area contributed by atoms with Crippen LogP contribution in [0.2, 0.25) is 5.02 Å². The van der Waals surface area contributed by atoms with Crippen molar-refractivity contribution in [3.05, 3.63) is 94.0 Å². The molecule has 0 spiro atoms. The van der Waals surface area contributed by atoms with Gasteiger partial charge in [-0.05, 0) is 76.7 Å². The van der Waals surface area contributed by atoms with Gasteiger partial charge >= 0.3 is 11.9 Å². The minimum atomic E-state index is -1.77. The first-order chi connectivity index (χ1) is 28.9. The van der Waals surface area contributed by atoms with Crippen LogP contribution in [0.5, 0.6) is 11.5 Å². The molecule has 2 fully saturated rings. The molecule has 17 heteroatoms. The van der Waals surface area contributed by atoms with E-state index in [-0.39, 0.29) is 52.9 Å². The molecule has 9 atom stereocenters. The number of nitrogens with one attached hydrogen (secondary N) is 1. The second-order valence-corrected chi connectivity index (χ2v) is 15.8. The largest absolute Gasteiger partial charge is 0.504 e. The second kappa shape index (κ2) is 18.2. The molecule has 324 valence electrons. The highest BCUT2D eigenvalue weighted by atomic mass is 35.5. The second-order valence-electron chi connectivity index (χ2n) is 15.4. The summed E-state index contributed by atoms with van der Waals surface area (Å²) in [7, 11) is 4.93. The number of aromatic hydroxyl groups is 1. The number of methoxy groups -OCH3 is 1. The van der Waals surface area contributed by atoms with Gasteiger partial charge < -0.3 is 64.4 Å². The topological polar surface area (TPSA) is 218 Å². The molecule has 6 rings (SSSR count). The minimum Gasteiger partial charge on any atom is -0.504 e. The maximum absolute atomic E-state index is 13.6. The van der Waals surface area contributed by atoms with E-state index >= 15 is 0 Å². The summed E-state index contributed by atoms with van der Waals surface area (Å²) in [5, 5.41) is 36.7. The predicted octanol–water partition coefficient (Wildman–Crippen LogP) is 2.14. The first-order valence-corrected chi connectivity index (χ1v) is 19.7. The number of benzene rings is 1. The van der Waals surface area contributed by atoms with Gasteiger partial charge in [0, 0.05) is 29.3 Å². The molecule has 1 aromatic carbocycles. The van der Waals surface area contributed by atoms with Crippen LogP contribution >= 0.6 is 11.6 Å². The van der Waals surface area contributed by atoms with Crippen molar-refractivity contribution in [3.63, 3.8) is 0 Å². The van der Waals surface area contributed by atoms with Crippen LogP contribution in [0.25, 0.3) is 0 Å². The SMILES string of the molecule is C=C1OC2C=C(OC)C=C(C(=O)OCC3=CC#C[C@@H](Oc4c(O)cc([C@H](N)CC(=O)OCC)cc4Cl)[C@@]4(OC5OC(C)(C)C(N(C)C)C(O)C5O)C=CC=C4C#C3)C2NC1=O. The zero-order valence-electron chi connectivity index (χ0n) is 34.4. The number of esters is 2. The number of hydrogen-bond donors (Lipinski definition) is 5. The normalized spacial score (nSPS) is 29.0. The molecule has 6 unspecified atom stereocenters. The zero-order chi connectivity index (χ0) is 44.4. The number of carbonyl (C=O) groups excluding carboxylic acids is 3. The van der Waals surface area contributed by atoms with E-state index in [4.69, 9.17) is 50.5 Å². The summed E-state index contributed by atoms with van der Waals surface area (Å²) in [5.74, 6) is 9.59. The molecule has 1 amide bonds. The van der Waals surface area contributed by atoms with E-state index in [1.165, 1.54) is 31.4 Å². The number of nitrogens with two attached hydrogens (primary N) is 1. The van der Waals surface area contributed by atoms with Crippen LogP contribution in [0.3, 0.4) is 0 Å². The van der Waals surface area contributed by atoms with Crippen molar-refractivity contribution in [2.75, 3.05) is 34.4 Å². The lowest BCUT2D eigenvalue weighted by Crippen LogP contribution is -2.68.